The summed E-state index contributed by atoms with van der Waals surface area (Å²) in [6.45, 7) is 1.66. The first-order valence-corrected chi connectivity index (χ1v) is 11.4. The van der Waals surface area contributed by atoms with Gasteiger partial charge in [0.25, 0.3) is 0 Å². The van der Waals surface area contributed by atoms with E-state index in [2.05, 4.69) is 4.74 Å². The average molecular weight is 531 g/mol. The van der Waals surface area contributed by atoms with Crippen molar-refractivity contribution < 1.29 is 27.5 Å². The molecule has 0 radical (unpaired) electrons. The van der Waals surface area contributed by atoms with Crippen LogP contribution in [-0.4, -0.2) is 18.2 Å². The number of hydrogen-bond acceptors (Lipinski definition) is 4. The third kappa shape index (κ3) is 3.38. The summed E-state index contributed by atoms with van der Waals surface area (Å²) >= 11 is 12.2. The minimum absolute atomic E-state index is 0.235. The van der Waals surface area contributed by atoms with Gasteiger partial charge in [-0.25, -0.2) is 4.90 Å². The number of nitriles is 1. The van der Waals surface area contributed by atoms with Crippen LogP contribution in [0.2, 0.25) is 10.0 Å². The van der Waals surface area contributed by atoms with Crippen molar-refractivity contribution >= 4 is 40.7 Å². The molecule has 1 aliphatic carbocycles. The van der Waals surface area contributed by atoms with E-state index in [9.17, 15) is 28.0 Å². The van der Waals surface area contributed by atoms with Gasteiger partial charge in [-0.1, -0.05) is 47.5 Å². The van der Waals surface area contributed by atoms with Gasteiger partial charge in [-0.15, -0.1) is 13.2 Å². The van der Waals surface area contributed by atoms with Crippen LogP contribution in [0.1, 0.15) is 23.6 Å². The fraction of sp³-hybridized carbons (Fsp3) is 0.192. The highest BCUT2D eigenvalue weighted by molar-refractivity contribution is 6.36. The highest BCUT2D eigenvalue weighted by atomic mass is 35.5. The molecule has 0 N–H and O–H groups in total. The van der Waals surface area contributed by atoms with E-state index in [1.807, 2.05) is 6.07 Å². The number of carbonyl (C=O) groups is 2. The average Bonchev–Trinajstić information content (AvgIpc) is 3.32. The molecular formula is C26H15Cl2F3N2O3. The topological polar surface area (TPSA) is 70.4 Å². The first-order chi connectivity index (χ1) is 16.9. The maximum Gasteiger partial charge on any atom is 0.573 e. The lowest BCUT2D eigenvalue weighted by Gasteiger charge is -2.30. The number of halogens is 5. The van der Waals surface area contributed by atoms with E-state index < -0.39 is 40.7 Å². The summed E-state index contributed by atoms with van der Waals surface area (Å²) < 4.78 is 42.0. The molecule has 1 heterocycles. The first kappa shape index (κ1) is 24.2. The Kier molecular flexibility index (Phi) is 5.36. The Bertz CT molecular complexity index is 1430. The normalized spacial score (nSPS) is 24.9. The molecule has 2 amide bonds. The van der Waals surface area contributed by atoms with Gasteiger partial charge in [-0.3, -0.25) is 9.59 Å². The molecule has 0 bridgehead atoms. The van der Waals surface area contributed by atoms with Gasteiger partial charge in [0.1, 0.15) is 5.75 Å². The molecule has 2 fully saturated rings. The van der Waals surface area contributed by atoms with Crippen molar-refractivity contribution in [2.75, 3.05) is 4.90 Å². The van der Waals surface area contributed by atoms with Gasteiger partial charge >= 0.3 is 6.36 Å². The second-order valence-electron chi connectivity index (χ2n) is 8.81. The van der Waals surface area contributed by atoms with E-state index in [0.29, 0.717) is 16.7 Å². The van der Waals surface area contributed by atoms with Crippen molar-refractivity contribution in [3.63, 3.8) is 0 Å². The molecule has 0 aromatic heterocycles. The van der Waals surface area contributed by atoms with Crippen LogP contribution in [0.4, 0.5) is 18.9 Å². The number of carbonyl (C=O) groups excluding carboxylic acids is 2. The maximum absolute atomic E-state index is 13.8. The Morgan fingerprint density at radius 1 is 0.944 bits per heavy atom. The smallest absolute Gasteiger partial charge is 0.406 e. The molecule has 0 unspecified atom stereocenters. The molecule has 5 rings (SSSR count). The monoisotopic (exact) mass is 530 g/mol. The number of amides is 2. The van der Waals surface area contributed by atoms with Crippen LogP contribution in [0.25, 0.3) is 0 Å². The summed E-state index contributed by atoms with van der Waals surface area (Å²) in [5.41, 5.74) is -0.738. The van der Waals surface area contributed by atoms with Crippen LogP contribution in [0.3, 0.4) is 0 Å². The summed E-state index contributed by atoms with van der Waals surface area (Å²) in [7, 11) is 0. The molecule has 5 nitrogen and oxygen atoms in total. The molecule has 1 saturated carbocycles. The van der Waals surface area contributed by atoms with Crippen LogP contribution in [-0.2, 0) is 15.0 Å². The van der Waals surface area contributed by atoms with Crippen LogP contribution in [0, 0.1) is 22.7 Å². The van der Waals surface area contributed by atoms with Crippen molar-refractivity contribution in [3.05, 3.63) is 93.5 Å². The van der Waals surface area contributed by atoms with E-state index >= 15 is 0 Å². The SMILES string of the molecule is C[C@]12C(=O)N(c3cc(Cl)cc(Cl)c3)C(=O)[C@H]1[C@]2(c1ccc(C#N)cc1)c1ccc(OC(F)(F)F)cc1. The van der Waals surface area contributed by atoms with Crippen LogP contribution in [0.15, 0.2) is 66.7 Å². The molecule has 3 aromatic rings. The minimum atomic E-state index is -4.86. The van der Waals surface area contributed by atoms with Gasteiger partial charge in [0.2, 0.25) is 11.8 Å². The van der Waals surface area contributed by atoms with Gasteiger partial charge in [0, 0.05) is 15.5 Å². The van der Waals surface area contributed by atoms with Crippen LogP contribution >= 0.6 is 23.2 Å². The number of imide groups is 1. The number of fused-ring (bicyclic) bond motifs is 1. The molecule has 3 atom stereocenters. The lowest BCUT2D eigenvalue weighted by atomic mass is 9.78. The standard InChI is InChI=1S/C26H15Cl2F3N2O3/c1-24-21(22(34)33(23(24)35)19-11-17(27)10-18(28)12-19)25(24,15-4-2-14(13-32)3-5-15)16-6-8-20(9-7-16)36-26(29,30)31/h2-12,21H,1H3/t21-,24-,25+/m1/s1. The van der Waals surface area contributed by atoms with Crippen molar-refractivity contribution in [1.29, 1.82) is 5.26 Å². The Labute approximate surface area is 213 Å². The van der Waals surface area contributed by atoms with Gasteiger partial charge in [-0.05, 0) is 60.5 Å². The lowest BCUT2D eigenvalue weighted by Crippen LogP contribution is -2.42. The molecule has 1 aliphatic heterocycles. The molecular weight excluding hydrogens is 516 g/mol. The second kappa shape index (κ2) is 7.99. The van der Waals surface area contributed by atoms with E-state index in [1.165, 1.54) is 30.3 Å². The third-order valence-corrected chi connectivity index (χ3v) is 7.42. The number of anilines is 1. The van der Waals surface area contributed by atoms with Crippen molar-refractivity contribution in [2.45, 2.75) is 18.7 Å². The number of benzene rings is 3. The zero-order valence-corrected chi connectivity index (χ0v) is 19.9. The summed E-state index contributed by atoms with van der Waals surface area (Å²) in [5, 5.41) is 9.70. The minimum Gasteiger partial charge on any atom is -0.406 e. The quantitative estimate of drug-likeness (QED) is 0.373. The Morgan fingerprint density at radius 2 is 1.47 bits per heavy atom. The summed E-state index contributed by atoms with van der Waals surface area (Å²) in [6, 6.07) is 18.0. The summed E-state index contributed by atoms with van der Waals surface area (Å²) in [6.07, 6.45) is -4.86. The van der Waals surface area contributed by atoms with Gasteiger partial charge in [0.15, 0.2) is 0 Å². The predicted octanol–water partition coefficient (Wildman–Crippen LogP) is 6.26. The van der Waals surface area contributed by atoms with E-state index in [4.69, 9.17) is 23.2 Å². The summed E-state index contributed by atoms with van der Waals surface area (Å²) in [5.74, 6) is -2.25. The number of hydrogen-bond donors (Lipinski definition) is 0. The molecule has 1 saturated heterocycles. The maximum atomic E-state index is 13.8. The molecule has 0 spiro atoms. The molecule has 36 heavy (non-hydrogen) atoms. The Hall–Kier alpha value is -3.54. The zero-order valence-electron chi connectivity index (χ0n) is 18.4. The van der Waals surface area contributed by atoms with Crippen molar-refractivity contribution in [1.82, 2.24) is 0 Å². The highest BCUT2D eigenvalue weighted by Crippen LogP contribution is 2.76. The van der Waals surface area contributed by atoms with E-state index in [-0.39, 0.29) is 15.7 Å². The lowest BCUT2D eigenvalue weighted by molar-refractivity contribution is -0.274. The molecule has 3 aromatic carbocycles. The number of rotatable bonds is 4. The number of ether oxygens (including phenoxy) is 1. The Morgan fingerprint density at radius 3 is 1.92 bits per heavy atom. The Balaban J connectivity index is 1.63. The van der Waals surface area contributed by atoms with Crippen LogP contribution < -0.4 is 9.64 Å². The number of piperidine rings is 1. The fourth-order valence-electron chi connectivity index (χ4n) is 5.54. The van der Waals surface area contributed by atoms with Crippen molar-refractivity contribution in [2.24, 2.45) is 11.3 Å². The zero-order chi connectivity index (χ0) is 26.0. The van der Waals surface area contributed by atoms with Crippen molar-refractivity contribution in [3.8, 4) is 11.8 Å². The van der Waals surface area contributed by atoms with E-state index in [1.54, 1.807) is 31.2 Å². The first-order valence-electron chi connectivity index (χ1n) is 10.6. The van der Waals surface area contributed by atoms with Gasteiger partial charge < -0.3 is 4.74 Å². The second-order valence-corrected chi connectivity index (χ2v) is 9.68. The molecule has 10 heteroatoms. The summed E-state index contributed by atoms with van der Waals surface area (Å²) in [4.78, 5) is 28.6. The fourth-order valence-corrected chi connectivity index (χ4v) is 6.06. The molecule has 182 valence electrons. The predicted molar refractivity (Wildman–Crippen MR) is 126 cm³/mol. The van der Waals surface area contributed by atoms with Gasteiger partial charge in [0.05, 0.1) is 28.7 Å². The highest BCUT2D eigenvalue weighted by Gasteiger charge is 2.86. The van der Waals surface area contributed by atoms with Crippen LogP contribution in [0.5, 0.6) is 5.75 Å². The van der Waals surface area contributed by atoms with Gasteiger partial charge in [-0.2, -0.15) is 5.26 Å². The third-order valence-electron chi connectivity index (χ3n) is 6.98. The number of alkyl halides is 3. The van der Waals surface area contributed by atoms with E-state index in [0.717, 1.165) is 17.0 Å². The number of nitrogens with zero attached hydrogens (tertiary/aromatic N) is 2. The largest absolute Gasteiger partial charge is 0.573 e. The molecule has 2 aliphatic rings.